The molecule has 0 unspecified atom stereocenters. The number of nitrogens with one attached hydrogen (secondary N) is 2. The van der Waals surface area contributed by atoms with Crippen molar-refractivity contribution >= 4 is 23.7 Å². The molecule has 3 amide bonds. The van der Waals surface area contributed by atoms with Crippen molar-refractivity contribution in [2.45, 2.75) is 50.4 Å². The van der Waals surface area contributed by atoms with E-state index in [4.69, 9.17) is 0 Å². The smallest absolute Gasteiger partial charge is 0.321 e. The van der Waals surface area contributed by atoms with E-state index in [-0.39, 0.29) is 17.6 Å². The molecule has 27 heavy (non-hydrogen) atoms. The molecule has 0 saturated heterocycles. The van der Waals surface area contributed by atoms with Crippen LogP contribution in [0.2, 0.25) is 0 Å². The summed E-state index contributed by atoms with van der Waals surface area (Å²) in [5.74, 6) is -0.317. The van der Waals surface area contributed by atoms with Gasteiger partial charge in [0, 0.05) is 11.6 Å². The van der Waals surface area contributed by atoms with Crippen LogP contribution in [-0.2, 0) is 4.79 Å². The lowest BCUT2D eigenvalue weighted by Crippen LogP contribution is -2.48. The second-order valence-corrected chi connectivity index (χ2v) is 8.37. The molecule has 3 rings (SSSR count). The fourth-order valence-electron chi connectivity index (χ4n) is 2.53. The van der Waals surface area contributed by atoms with Gasteiger partial charge in [-0.1, -0.05) is 23.9 Å². The molecule has 1 aliphatic carbocycles. The summed E-state index contributed by atoms with van der Waals surface area (Å²) in [5.41, 5.74) is -0.0454. The standard InChI is InChI=1S/C18H22FN5O2S/c1-18(2,3)21-16(26)20-14(25)10-27-17-23-22-15(24(17)11-8-9-11)12-6-4-5-7-13(12)19/h4-7,11H,8-10H2,1-3H3,(H2,20,21,25,26). The minimum atomic E-state index is -0.538. The van der Waals surface area contributed by atoms with E-state index in [2.05, 4.69) is 20.8 Å². The van der Waals surface area contributed by atoms with Gasteiger partial charge in [0.25, 0.3) is 0 Å². The van der Waals surface area contributed by atoms with Gasteiger partial charge in [0.1, 0.15) is 5.82 Å². The zero-order valence-corrected chi connectivity index (χ0v) is 16.3. The Morgan fingerprint density at radius 2 is 1.96 bits per heavy atom. The zero-order valence-electron chi connectivity index (χ0n) is 15.5. The first-order valence-corrected chi connectivity index (χ1v) is 9.68. The van der Waals surface area contributed by atoms with Gasteiger partial charge < -0.3 is 5.32 Å². The summed E-state index contributed by atoms with van der Waals surface area (Å²) in [6.07, 6.45) is 1.93. The number of aromatic nitrogens is 3. The van der Waals surface area contributed by atoms with Crippen LogP contribution in [0.4, 0.5) is 9.18 Å². The van der Waals surface area contributed by atoms with Crippen molar-refractivity contribution in [1.29, 1.82) is 0 Å². The van der Waals surface area contributed by atoms with E-state index < -0.39 is 17.5 Å². The fourth-order valence-corrected chi connectivity index (χ4v) is 3.33. The molecule has 1 saturated carbocycles. The molecule has 0 atom stereocenters. The van der Waals surface area contributed by atoms with Gasteiger partial charge in [-0.3, -0.25) is 14.7 Å². The Hall–Kier alpha value is -2.42. The Morgan fingerprint density at radius 3 is 2.59 bits per heavy atom. The average molecular weight is 391 g/mol. The van der Waals surface area contributed by atoms with E-state index in [0.717, 1.165) is 12.8 Å². The highest BCUT2D eigenvalue weighted by atomic mass is 32.2. The molecule has 2 aromatic rings. The lowest BCUT2D eigenvalue weighted by Gasteiger charge is -2.20. The van der Waals surface area contributed by atoms with Crippen LogP contribution in [0.5, 0.6) is 0 Å². The van der Waals surface area contributed by atoms with Gasteiger partial charge >= 0.3 is 6.03 Å². The number of amides is 3. The SMILES string of the molecule is CC(C)(C)NC(=O)NC(=O)CSc1nnc(-c2ccccc2F)n1C1CC1. The topological polar surface area (TPSA) is 88.9 Å². The van der Waals surface area contributed by atoms with Crippen LogP contribution < -0.4 is 10.6 Å². The molecule has 1 aromatic heterocycles. The van der Waals surface area contributed by atoms with E-state index >= 15 is 0 Å². The Kier molecular flexibility index (Phi) is 5.50. The molecule has 1 aromatic carbocycles. The molecule has 7 nitrogen and oxygen atoms in total. The molecular formula is C18H22FN5O2S. The van der Waals surface area contributed by atoms with Crippen molar-refractivity contribution in [1.82, 2.24) is 25.4 Å². The highest BCUT2D eigenvalue weighted by Gasteiger charge is 2.31. The van der Waals surface area contributed by atoms with Crippen molar-refractivity contribution in [2.24, 2.45) is 0 Å². The number of rotatable bonds is 5. The van der Waals surface area contributed by atoms with Crippen LogP contribution in [0.15, 0.2) is 29.4 Å². The number of urea groups is 1. The van der Waals surface area contributed by atoms with Crippen molar-refractivity contribution in [3.05, 3.63) is 30.1 Å². The summed E-state index contributed by atoms with van der Waals surface area (Å²) in [4.78, 5) is 23.8. The van der Waals surface area contributed by atoms with Crippen molar-refractivity contribution in [3.8, 4) is 11.4 Å². The number of hydrogen-bond donors (Lipinski definition) is 2. The van der Waals surface area contributed by atoms with Gasteiger partial charge in [-0.15, -0.1) is 10.2 Å². The predicted molar refractivity (Wildman–Crippen MR) is 101 cm³/mol. The number of hydrogen-bond acceptors (Lipinski definition) is 5. The molecule has 0 radical (unpaired) electrons. The number of nitrogens with zero attached hydrogens (tertiary/aromatic N) is 3. The fraction of sp³-hybridized carbons (Fsp3) is 0.444. The third-order valence-corrected chi connectivity index (χ3v) is 4.71. The van der Waals surface area contributed by atoms with E-state index in [1.807, 2.05) is 25.3 Å². The molecule has 1 aliphatic rings. The third kappa shape index (κ3) is 5.06. The van der Waals surface area contributed by atoms with Crippen molar-refractivity contribution in [2.75, 3.05) is 5.75 Å². The van der Waals surface area contributed by atoms with Crippen molar-refractivity contribution in [3.63, 3.8) is 0 Å². The van der Waals surface area contributed by atoms with Gasteiger partial charge in [0.2, 0.25) is 5.91 Å². The highest BCUT2D eigenvalue weighted by Crippen LogP contribution is 2.41. The Morgan fingerprint density at radius 1 is 1.26 bits per heavy atom. The number of thioether (sulfide) groups is 1. The maximum Gasteiger partial charge on any atom is 0.321 e. The third-order valence-electron chi connectivity index (χ3n) is 3.77. The first-order chi connectivity index (χ1) is 12.7. The van der Waals surface area contributed by atoms with E-state index in [1.165, 1.54) is 17.8 Å². The zero-order chi connectivity index (χ0) is 19.6. The summed E-state index contributed by atoms with van der Waals surface area (Å²) in [6.45, 7) is 5.48. The van der Waals surface area contributed by atoms with Crippen LogP contribution in [0.1, 0.15) is 39.7 Å². The summed E-state index contributed by atoms with van der Waals surface area (Å²) < 4.78 is 16.0. The first-order valence-electron chi connectivity index (χ1n) is 8.69. The van der Waals surface area contributed by atoms with Crippen LogP contribution >= 0.6 is 11.8 Å². The number of carbonyl (C=O) groups is 2. The molecule has 9 heteroatoms. The summed E-state index contributed by atoms with van der Waals surface area (Å²) in [6, 6.07) is 6.09. The lowest BCUT2D eigenvalue weighted by atomic mass is 10.1. The maximum absolute atomic E-state index is 14.1. The normalized spacial score (nSPS) is 14.1. The molecule has 144 valence electrons. The van der Waals surface area contributed by atoms with Crippen LogP contribution in [0.25, 0.3) is 11.4 Å². The molecule has 0 aliphatic heterocycles. The van der Waals surface area contributed by atoms with Crippen molar-refractivity contribution < 1.29 is 14.0 Å². The number of carbonyl (C=O) groups excluding carboxylic acids is 2. The van der Waals surface area contributed by atoms with Gasteiger partial charge in [-0.05, 0) is 45.7 Å². The first kappa shape index (κ1) is 19.3. The number of benzene rings is 1. The van der Waals surface area contributed by atoms with Crippen LogP contribution in [-0.4, -0.2) is 38.0 Å². The van der Waals surface area contributed by atoms with Gasteiger partial charge in [0.05, 0.1) is 11.3 Å². The highest BCUT2D eigenvalue weighted by molar-refractivity contribution is 7.99. The Balaban J connectivity index is 1.69. The number of imide groups is 1. The second kappa shape index (κ2) is 7.67. The quantitative estimate of drug-likeness (QED) is 0.765. The predicted octanol–water partition coefficient (Wildman–Crippen LogP) is 3.14. The molecule has 0 bridgehead atoms. The summed E-state index contributed by atoms with van der Waals surface area (Å²) >= 11 is 1.18. The largest absolute Gasteiger partial charge is 0.333 e. The lowest BCUT2D eigenvalue weighted by molar-refractivity contribution is -0.117. The monoisotopic (exact) mass is 391 g/mol. The Bertz CT molecular complexity index is 858. The molecule has 0 spiro atoms. The molecule has 1 fully saturated rings. The van der Waals surface area contributed by atoms with E-state index in [1.54, 1.807) is 18.2 Å². The van der Waals surface area contributed by atoms with E-state index in [0.29, 0.717) is 16.5 Å². The van der Waals surface area contributed by atoms with Crippen LogP contribution in [0, 0.1) is 5.82 Å². The number of halogens is 1. The van der Waals surface area contributed by atoms with Gasteiger partial charge in [-0.2, -0.15) is 0 Å². The second-order valence-electron chi connectivity index (χ2n) is 7.43. The molecule has 1 heterocycles. The van der Waals surface area contributed by atoms with Gasteiger partial charge in [-0.25, -0.2) is 9.18 Å². The Labute approximate surface area is 161 Å². The average Bonchev–Trinajstić information content (AvgIpc) is 3.31. The minimum Gasteiger partial charge on any atom is -0.333 e. The van der Waals surface area contributed by atoms with E-state index in [9.17, 15) is 14.0 Å². The summed E-state index contributed by atoms with van der Waals surface area (Å²) in [7, 11) is 0. The van der Waals surface area contributed by atoms with Crippen LogP contribution in [0.3, 0.4) is 0 Å². The van der Waals surface area contributed by atoms with Gasteiger partial charge in [0.15, 0.2) is 11.0 Å². The summed E-state index contributed by atoms with van der Waals surface area (Å²) in [5, 5.41) is 13.8. The molecule has 2 N–H and O–H groups in total. The maximum atomic E-state index is 14.1. The minimum absolute atomic E-state index is 0.0136. The molecular weight excluding hydrogens is 369 g/mol.